The molecule has 1 heterocycles. The van der Waals surface area contributed by atoms with E-state index in [0.717, 1.165) is 10.9 Å². The van der Waals surface area contributed by atoms with E-state index in [1.807, 2.05) is 0 Å². The van der Waals surface area contributed by atoms with Crippen molar-refractivity contribution < 1.29 is 17.6 Å². The van der Waals surface area contributed by atoms with Gasteiger partial charge < -0.3 is 0 Å². The Morgan fingerprint density at radius 2 is 1.67 bits per heavy atom. The fraction of sp³-hybridized carbons (Fsp3) is 0.167. The van der Waals surface area contributed by atoms with Crippen molar-refractivity contribution in [2.75, 3.05) is 0 Å². The second kappa shape index (κ2) is 6.92. The topological polar surface area (TPSA) is 30.2 Å². The molecule has 2 rings (SSSR count). The first-order chi connectivity index (χ1) is 10.9. The van der Waals surface area contributed by atoms with Crippen LogP contribution in [0.25, 0.3) is 5.69 Å². The molecule has 0 saturated heterocycles. The Balaban J connectivity index is 2.59. The lowest BCUT2D eigenvalue weighted by Gasteiger charge is -2.13. The third kappa shape index (κ3) is 4.29. The molecule has 0 amide bonds. The molecule has 1 aromatic heterocycles. The first-order valence-electron chi connectivity index (χ1n) is 5.81. The lowest BCUT2D eigenvalue weighted by Crippen LogP contribution is -2.07. The van der Waals surface area contributed by atoms with Crippen LogP contribution >= 0.6 is 58.2 Å². The number of halogens is 8. The van der Waals surface area contributed by atoms with Crippen LogP contribution < -0.4 is 0 Å². The van der Waals surface area contributed by atoms with Crippen molar-refractivity contribution in [1.29, 1.82) is 0 Å². The zero-order chi connectivity index (χ0) is 18.3. The summed E-state index contributed by atoms with van der Waals surface area (Å²) in [4.78, 5) is 3.74. The van der Waals surface area contributed by atoms with Crippen LogP contribution in [-0.4, -0.2) is 20.4 Å². The summed E-state index contributed by atoms with van der Waals surface area (Å²) in [7, 11) is 0. The van der Waals surface area contributed by atoms with Gasteiger partial charge in [0, 0.05) is 0 Å². The predicted octanol–water partition coefficient (Wildman–Crippen LogP) is 6.68. The summed E-state index contributed by atoms with van der Waals surface area (Å²) in [5.74, 6) is -0.0353. The van der Waals surface area contributed by atoms with Gasteiger partial charge in [0.05, 0.1) is 26.7 Å². The first kappa shape index (κ1) is 19.7. The molecule has 3 nitrogen and oxygen atoms in total. The van der Waals surface area contributed by atoms with Crippen molar-refractivity contribution >= 4 is 70.7 Å². The van der Waals surface area contributed by atoms with Crippen LogP contribution in [-0.2, 0) is 6.18 Å². The molecule has 0 saturated carbocycles. The largest absolute Gasteiger partial charge is 0.416 e. The minimum absolute atomic E-state index is 0.0353. The van der Waals surface area contributed by atoms with Crippen LogP contribution in [0.1, 0.15) is 5.56 Å². The quantitative estimate of drug-likeness (QED) is 0.229. The Labute approximate surface area is 157 Å². The molecule has 0 fully saturated rings. The van der Waals surface area contributed by atoms with Crippen LogP contribution in [0.3, 0.4) is 0 Å². The molecule has 0 aliphatic heterocycles. The highest BCUT2D eigenvalue weighted by Crippen LogP contribution is 2.46. The number of benzene rings is 1. The average Bonchev–Trinajstić information content (AvgIpc) is 2.77. The number of hydrogen-bond donors (Lipinski definition) is 0. The van der Waals surface area contributed by atoms with E-state index in [1.165, 1.54) is 0 Å². The Hall–Kier alpha value is -0.670. The number of alkyl halides is 6. The maximum atomic E-state index is 13.4. The third-order valence-electron chi connectivity index (χ3n) is 2.64. The molecule has 0 radical (unpaired) electrons. The standard InChI is InChI=1S/C12H5Cl4F4N3S/c1-21-10-8(24-12(15,16)20)4-22-23(10)9-6(13)2-5(3-7(9)14)11(17,18)19/h2-4H,1H2. The van der Waals surface area contributed by atoms with Crippen molar-refractivity contribution in [3.05, 3.63) is 33.9 Å². The molecule has 24 heavy (non-hydrogen) atoms. The van der Waals surface area contributed by atoms with Gasteiger partial charge in [-0.25, -0.2) is 9.67 Å². The summed E-state index contributed by atoms with van der Waals surface area (Å²) in [5, 5.41) is 3.22. The molecule has 0 atom stereocenters. The lowest BCUT2D eigenvalue weighted by atomic mass is 10.2. The second-order valence-electron chi connectivity index (χ2n) is 4.24. The monoisotopic (exact) mass is 439 g/mol. The van der Waals surface area contributed by atoms with Crippen LogP contribution in [0.2, 0.25) is 10.0 Å². The Morgan fingerprint density at radius 3 is 2.08 bits per heavy atom. The summed E-state index contributed by atoms with van der Waals surface area (Å²) in [6.45, 7) is 3.30. The molecule has 0 unspecified atom stereocenters. The molecular weight excluding hydrogens is 436 g/mol. The Bertz CT molecular complexity index is 763. The van der Waals surface area contributed by atoms with E-state index in [1.54, 1.807) is 0 Å². The van der Waals surface area contributed by atoms with Gasteiger partial charge in [0.25, 0.3) is 0 Å². The second-order valence-corrected chi connectivity index (χ2v) is 7.94. The first-order valence-corrected chi connectivity index (χ1v) is 8.14. The van der Waals surface area contributed by atoms with Gasteiger partial charge in [0.15, 0.2) is 5.82 Å². The highest BCUT2D eigenvalue weighted by atomic mass is 35.5. The van der Waals surface area contributed by atoms with Crippen molar-refractivity contribution in [2.24, 2.45) is 4.99 Å². The van der Waals surface area contributed by atoms with Gasteiger partial charge in [-0.05, 0) is 30.6 Å². The van der Waals surface area contributed by atoms with Gasteiger partial charge in [-0.3, -0.25) is 0 Å². The van der Waals surface area contributed by atoms with E-state index in [9.17, 15) is 17.6 Å². The smallest absolute Gasteiger partial charge is 0.244 e. The molecule has 2 aromatic rings. The molecule has 12 heteroatoms. The third-order valence-corrected chi connectivity index (χ3v) is 4.42. The molecule has 130 valence electrons. The molecule has 0 aliphatic carbocycles. The maximum absolute atomic E-state index is 13.4. The fourth-order valence-corrected chi connectivity index (χ4v) is 3.50. The number of thioether (sulfide) groups is 1. The van der Waals surface area contributed by atoms with Gasteiger partial charge in [0.1, 0.15) is 5.69 Å². The molecule has 1 aromatic carbocycles. The van der Waals surface area contributed by atoms with Gasteiger partial charge in [-0.2, -0.15) is 22.7 Å². The SMILES string of the molecule is C=Nc1c(SC(F)(Cl)Cl)cnn1-c1c(Cl)cc(C(F)(F)F)cc1Cl. The zero-order valence-electron chi connectivity index (χ0n) is 11.2. The van der Waals surface area contributed by atoms with Crippen molar-refractivity contribution in [2.45, 2.75) is 15.0 Å². The Kier molecular flexibility index (Phi) is 5.66. The van der Waals surface area contributed by atoms with Gasteiger partial charge in [-0.15, -0.1) is 0 Å². The van der Waals surface area contributed by atoms with E-state index in [4.69, 9.17) is 46.4 Å². The summed E-state index contributed by atoms with van der Waals surface area (Å²) < 4.78 is 50.0. The van der Waals surface area contributed by atoms with Crippen LogP contribution in [0.5, 0.6) is 0 Å². The molecule has 0 aliphatic rings. The van der Waals surface area contributed by atoms with Crippen LogP contribution in [0.4, 0.5) is 23.4 Å². The summed E-state index contributed by atoms with van der Waals surface area (Å²) in [5.41, 5.74) is -1.10. The average molecular weight is 441 g/mol. The van der Waals surface area contributed by atoms with Crippen LogP contribution in [0.15, 0.2) is 28.2 Å². The molecular formula is C12H5Cl4F4N3S. The van der Waals surface area contributed by atoms with Crippen molar-refractivity contribution in [3.8, 4) is 5.69 Å². The number of hydrogen-bond acceptors (Lipinski definition) is 3. The van der Waals surface area contributed by atoms with E-state index in [-0.39, 0.29) is 26.4 Å². The van der Waals surface area contributed by atoms with E-state index < -0.39 is 15.7 Å². The van der Waals surface area contributed by atoms with Gasteiger partial charge in [-0.1, -0.05) is 46.4 Å². The summed E-state index contributed by atoms with van der Waals surface area (Å²) in [6.07, 6.45) is -3.47. The highest BCUT2D eigenvalue weighted by molar-refractivity contribution is 8.03. The summed E-state index contributed by atoms with van der Waals surface area (Å²) in [6, 6.07) is 1.37. The summed E-state index contributed by atoms with van der Waals surface area (Å²) >= 11 is 22.7. The number of rotatable bonds is 4. The molecule has 0 bridgehead atoms. The number of nitrogens with zero attached hydrogens (tertiary/aromatic N) is 3. The van der Waals surface area contributed by atoms with E-state index in [2.05, 4.69) is 16.8 Å². The lowest BCUT2D eigenvalue weighted by molar-refractivity contribution is -0.137. The fourth-order valence-electron chi connectivity index (χ4n) is 1.76. The number of aromatic nitrogens is 2. The Morgan fingerprint density at radius 1 is 1.12 bits per heavy atom. The van der Waals surface area contributed by atoms with Gasteiger partial charge in [0.2, 0.25) is 0 Å². The van der Waals surface area contributed by atoms with E-state index >= 15 is 0 Å². The van der Waals surface area contributed by atoms with Crippen molar-refractivity contribution in [3.63, 3.8) is 0 Å². The maximum Gasteiger partial charge on any atom is 0.416 e. The zero-order valence-corrected chi connectivity index (χ0v) is 15.1. The highest BCUT2D eigenvalue weighted by Gasteiger charge is 2.33. The minimum Gasteiger partial charge on any atom is -0.244 e. The minimum atomic E-state index is -4.62. The molecule has 0 spiro atoms. The molecule has 0 N–H and O–H groups in total. The normalized spacial score (nSPS) is 12.5. The predicted molar refractivity (Wildman–Crippen MR) is 89.2 cm³/mol. The van der Waals surface area contributed by atoms with E-state index in [0.29, 0.717) is 23.9 Å². The number of aliphatic imine (C=N–C) groups is 1. The van der Waals surface area contributed by atoms with Gasteiger partial charge >= 0.3 is 10.1 Å². The van der Waals surface area contributed by atoms with Crippen molar-refractivity contribution in [1.82, 2.24) is 9.78 Å². The van der Waals surface area contributed by atoms with Crippen LogP contribution in [0, 0.1) is 0 Å².